The van der Waals surface area contributed by atoms with Crippen molar-refractivity contribution in [3.05, 3.63) is 65.2 Å². The monoisotopic (exact) mass is 362 g/mol. The lowest BCUT2D eigenvalue weighted by atomic mass is 10.1. The van der Waals surface area contributed by atoms with Crippen LogP contribution in [0.4, 0.5) is 4.39 Å². The van der Waals surface area contributed by atoms with Gasteiger partial charge in [0.15, 0.2) is 9.84 Å². The molecule has 0 spiro atoms. The van der Waals surface area contributed by atoms with Gasteiger partial charge in [0.05, 0.1) is 11.5 Å². The van der Waals surface area contributed by atoms with Crippen LogP contribution in [0.15, 0.2) is 42.6 Å². The summed E-state index contributed by atoms with van der Waals surface area (Å²) in [4.78, 5) is 18.4. The molecule has 1 amide bonds. The van der Waals surface area contributed by atoms with Crippen molar-refractivity contribution in [1.82, 2.24) is 9.88 Å². The molecule has 25 heavy (non-hydrogen) atoms. The Kier molecular flexibility index (Phi) is 4.85. The lowest BCUT2D eigenvalue weighted by molar-refractivity contribution is 0.0747. The minimum Gasteiger partial charge on any atom is -0.338 e. The third-order valence-corrected chi connectivity index (χ3v) is 6.16. The number of amides is 1. The highest BCUT2D eigenvalue weighted by molar-refractivity contribution is 7.91. The fourth-order valence-electron chi connectivity index (χ4n) is 3.01. The molecule has 5 nitrogen and oxygen atoms in total. The highest BCUT2D eigenvalue weighted by atomic mass is 32.2. The van der Waals surface area contributed by atoms with Gasteiger partial charge in [-0.2, -0.15) is 0 Å². The number of sulfone groups is 1. The minimum atomic E-state index is -3.05. The zero-order valence-corrected chi connectivity index (χ0v) is 14.7. The Labute approximate surface area is 146 Å². The van der Waals surface area contributed by atoms with Crippen LogP contribution in [0.25, 0.3) is 0 Å². The van der Waals surface area contributed by atoms with E-state index in [0.29, 0.717) is 24.1 Å². The van der Waals surface area contributed by atoms with Gasteiger partial charge in [-0.15, -0.1) is 0 Å². The Morgan fingerprint density at radius 3 is 2.80 bits per heavy atom. The maximum absolute atomic E-state index is 13.3. The van der Waals surface area contributed by atoms with E-state index >= 15 is 0 Å². The molecule has 1 aromatic carbocycles. The summed E-state index contributed by atoms with van der Waals surface area (Å²) < 4.78 is 36.5. The van der Waals surface area contributed by atoms with Crippen LogP contribution < -0.4 is 0 Å². The molecule has 7 heteroatoms. The van der Waals surface area contributed by atoms with Crippen LogP contribution in [0.5, 0.6) is 0 Å². The van der Waals surface area contributed by atoms with Crippen LogP contribution in [-0.2, 0) is 16.3 Å². The molecule has 1 aliphatic heterocycles. The van der Waals surface area contributed by atoms with Crippen molar-refractivity contribution in [3.63, 3.8) is 0 Å². The molecule has 0 N–H and O–H groups in total. The Bertz CT molecular complexity index is 899. The highest BCUT2D eigenvalue weighted by Gasteiger charge is 2.33. The van der Waals surface area contributed by atoms with E-state index in [2.05, 4.69) is 4.98 Å². The molecule has 132 valence electrons. The van der Waals surface area contributed by atoms with Crippen molar-refractivity contribution in [2.24, 2.45) is 0 Å². The van der Waals surface area contributed by atoms with Gasteiger partial charge in [0.1, 0.15) is 5.82 Å². The van der Waals surface area contributed by atoms with E-state index in [0.717, 1.165) is 5.56 Å². The Hall–Kier alpha value is -2.28. The van der Waals surface area contributed by atoms with Gasteiger partial charge in [0, 0.05) is 37.0 Å². The number of hydrogen-bond acceptors (Lipinski definition) is 4. The summed E-state index contributed by atoms with van der Waals surface area (Å²) in [5, 5.41) is 0. The number of rotatable bonds is 4. The van der Waals surface area contributed by atoms with E-state index in [-0.39, 0.29) is 29.3 Å². The second-order valence-electron chi connectivity index (χ2n) is 6.32. The third-order valence-electron chi connectivity index (χ3n) is 4.41. The number of benzene rings is 1. The van der Waals surface area contributed by atoms with Gasteiger partial charge >= 0.3 is 0 Å². The molecule has 2 heterocycles. The fraction of sp³-hybridized carbons (Fsp3) is 0.333. The fourth-order valence-corrected chi connectivity index (χ4v) is 4.79. The first-order valence-corrected chi connectivity index (χ1v) is 9.83. The van der Waals surface area contributed by atoms with Gasteiger partial charge in [-0.25, -0.2) is 12.8 Å². The largest absolute Gasteiger partial charge is 0.338 e. The topological polar surface area (TPSA) is 67.3 Å². The van der Waals surface area contributed by atoms with Gasteiger partial charge < -0.3 is 4.90 Å². The van der Waals surface area contributed by atoms with Gasteiger partial charge in [-0.3, -0.25) is 9.78 Å². The highest BCUT2D eigenvalue weighted by Crippen LogP contribution is 2.19. The van der Waals surface area contributed by atoms with Gasteiger partial charge in [0.2, 0.25) is 0 Å². The Morgan fingerprint density at radius 2 is 2.12 bits per heavy atom. The van der Waals surface area contributed by atoms with E-state index in [1.165, 1.54) is 17.0 Å². The smallest absolute Gasteiger partial charge is 0.253 e. The van der Waals surface area contributed by atoms with Crippen LogP contribution in [0.3, 0.4) is 0 Å². The normalized spacial score (nSPS) is 18.9. The summed E-state index contributed by atoms with van der Waals surface area (Å²) in [6, 6.07) is 9.23. The van der Waals surface area contributed by atoms with Crippen LogP contribution in [0.1, 0.15) is 28.0 Å². The van der Waals surface area contributed by atoms with Crippen LogP contribution in [0, 0.1) is 5.82 Å². The SMILES string of the molecule is CN(C(=O)c1ccnc(Cc2cccc(F)c2)c1)[C@@H]1CCS(=O)(=O)C1. The van der Waals surface area contributed by atoms with Crippen LogP contribution in [-0.4, -0.2) is 48.8 Å². The van der Waals surface area contributed by atoms with Gasteiger partial charge in [-0.1, -0.05) is 12.1 Å². The molecule has 1 aliphatic rings. The van der Waals surface area contributed by atoms with Crippen molar-refractivity contribution in [1.29, 1.82) is 0 Å². The Balaban J connectivity index is 1.75. The number of hydrogen-bond donors (Lipinski definition) is 0. The van der Waals surface area contributed by atoms with E-state index in [4.69, 9.17) is 0 Å². The number of aromatic nitrogens is 1. The number of pyridine rings is 1. The summed E-state index contributed by atoms with van der Waals surface area (Å²) in [6.45, 7) is 0. The standard InChI is InChI=1S/C18H19FN2O3S/c1-21(17-6-8-25(23,24)12-17)18(22)14-5-7-20-16(11-14)10-13-3-2-4-15(19)9-13/h2-5,7,9,11,17H,6,8,10,12H2,1H3/t17-/m1/s1. The van der Waals surface area contributed by atoms with Gasteiger partial charge in [0.25, 0.3) is 5.91 Å². The van der Waals surface area contributed by atoms with E-state index in [9.17, 15) is 17.6 Å². The average Bonchev–Trinajstić information content (AvgIpc) is 2.94. The quantitative estimate of drug-likeness (QED) is 0.835. The van der Waals surface area contributed by atoms with Gasteiger partial charge in [-0.05, 0) is 36.2 Å². The van der Waals surface area contributed by atoms with E-state index in [1.54, 1.807) is 37.5 Å². The molecule has 1 saturated heterocycles. The predicted molar refractivity (Wildman–Crippen MR) is 92.6 cm³/mol. The molecule has 0 radical (unpaired) electrons. The number of carbonyl (C=O) groups excluding carboxylic acids is 1. The van der Waals surface area contributed by atoms with Crippen molar-refractivity contribution in [2.75, 3.05) is 18.6 Å². The maximum Gasteiger partial charge on any atom is 0.253 e. The maximum atomic E-state index is 13.3. The van der Waals surface area contributed by atoms with Crippen LogP contribution >= 0.6 is 0 Å². The zero-order chi connectivity index (χ0) is 18.0. The van der Waals surface area contributed by atoms with Crippen molar-refractivity contribution < 1.29 is 17.6 Å². The average molecular weight is 362 g/mol. The second kappa shape index (κ2) is 6.92. The first kappa shape index (κ1) is 17.5. The summed E-state index contributed by atoms with van der Waals surface area (Å²) in [7, 11) is -1.43. The molecule has 0 saturated carbocycles. The summed E-state index contributed by atoms with van der Waals surface area (Å²) in [5.74, 6) is -0.413. The van der Waals surface area contributed by atoms with E-state index in [1.807, 2.05) is 0 Å². The molecule has 3 rings (SSSR count). The lowest BCUT2D eigenvalue weighted by Gasteiger charge is -2.23. The minimum absolute atomic E-state index is 0.0104. The Morgan fingerprint density at radius 1 is 1.32 bits per heavy atom. The predicted octanol–water partition coefficient (Wildman–Crippen LogP) is 2.07. The summed E-state index contributed by atoms with van der Waals surface area (Å²) >= 11 is 0. The summed E-state index contributed by atoms with van der Waals surface area (Å²) in [5.41, 5.74) is 1.88. The molecular formula is C18H19FN2O3S. The van der Waals surface area contributed by atoms with Crippen LogP contribution in [0.2, 0.25) is 0 Å². The molecule has 2 aromatic rings. The first-order chi connectivity index (χ1) is 11.8. The molecule has 1 aromatic heterocycles. The number of carbonyl (C=O) groups is 1. The van der Waals surface area contributed by atoms with Crippen molar-refractivity contribution in [2.45, 2.75) is 18.9 Å². The lowest BCUT2D eigenvalue weighted by Crippen LogP contribution is -2.37. The third kappa shape index (κ3) is 4.22. The van der Waals surface area contributed by atoms with Crippen molar-refractivity contribution in [3.8, 4) is 0 Å². The molecule has 0 unspecified atom stereocenters. The first-order valence-electron chi connectivity index (χ1n) is 8.01. The number of halogens is 1. The molecular weight excluding hydrogens is 343 g/mol. The number of nitrogens with zero attached hydrogens (tertiary/aromatic N) is 2. The van der Waals surface area contributed by atoms with Crippen molar-refractivity contribution >= 4 is 15.7 Å². The van der Waals surface area contributed by atoms with E-state index < -0.39 is 9.84 Å². The second-order valence-corrected chi connectivity index (χ2v) is 8.54. The summed E-state index contributed by atoms with van der Waals surface area (Å²) in [6.07, 6.45) is 2.42. The zero-order valence-electron chi connectivity index (χ0n) is 13.9. The molecule has 0 aliphatic carbocycles. The molecule has 1 fully saturated rings. The molecule has 1 atom stereocenters. The molecule has 0 bridgehead atoms.